The molecule has 0 aliphatic carbocycles. The second kappa shape index (κ2) is 6.71. The number of aromatic nitrogens is 1. The number of hydrogen-bond donors (Lipinski definition) is 2. The molecule has 0 radical (unpaired) electrons. The number of halogens is 1. The first-order chi connectivity index (χ1) is 9.53. The Balaban J connectivity index is 1.96. The molecule has 2 N–H and O–H groups in total. The third-order valence-electron chi connectivity index (χ3n) is 3.23. The van der Waals surface area contributed by atoms with Crippen molar-refractivity contribution in [3.05, 3.63) is 17.3 Å². The van der Waals surface area contributed by atoms with Gasteiger partial charge in [0, 0.05) is 33.0 Å². The molecule has 1 unspecified atom stereocenters. The number of nitrogens with one attached hydrogen (secondary N) is 2. The fourth-order valence-electron chi connectivity index (χ4n) is 2.04. The minimum atomic E-state index is -3.56. The Morgan fingerprint density at radius 3 is 2.95 bits per heavy atom. The molecule has 1 atom stereocenters. The summed E-state index contributed by atoms with van der Waals surface area (Å²) >= 11 is 5.94. The van der Waals surface area contributed by atoms with Gasteiger partial charge in [-0.05, 0) is 24.8 Å². The van der Waals surface area contributed by atoms with Crippen molar-refractivity contribution in [1.82, 2.24) is 9.71 Å². The first-order valence-electron chi connectivity index (χ1n) is 6.43. The van der Waals surface area contributed by atoms with Crippen LogP contribution in [-0.4, -0.2) is 40.2 Å². The number of rotatable bonds is 6. The maximum Gasteiger partial charge on any atom is 0.242 e. The summed E-state index contributed by atoms with van der Waals surface area (Å²) in [6.45, 7) is 1.87. The molecular formula is C12H18ClN3O3S. The summed E-state index contributed by atoms with van der Waals surface area (Å²) in [4.78, 5) is 4.04. The van der Waals surface area contributed by atoms with Gasteiger partial charge in [-0.2, -0.15) is 0 Å². The van der Waals surface area contributed by atoms with Gasteiger partial charge in [0.25, 0.3) is 0 Å². The molecule has 0 bridgehead atoms. The summed E-state index contributed by atoms with van der Waals surface area (Å²) < 4.78 is 32.0. The Morgan fingerprint density at radius 2 is 2.35 bits per heavy atom. The van der Waals surface area contributed by atoms with Crippen LogP contribution >= 0.6 is 11.6 Å². The number of nitrogens with zero attached hydrogens (tertiary/aromatic N) is 1. The lowest BCUT2D eigenvalue weighted by molar-refractivity contribution is 0.184. The van der Waals surface area contributed by atoms with Crippen molar-refractivity contribution in [2.45, 2.75) is 17.7 Å². The number of anilines is 1. The smallest absolute Gasteiger partial charge is 0.242 e. The standard InChI is InChI=1S/C12H18ClN3O3S/c1-14-12-11(13)6-10(7-15-12)20(17,18)16-4-2-9-3-5-19-8-9/h6-7,9,16H,2-5,8H2,1H3,(H,14,15). The Morgan fingerprint density at radius 1 is 1.55 bits per heavy atom. The van der Waals surface area contributed by atoms with E-state index in [1.807, 2.05) is 0 Å². The Kier molecular flexibility index (Phi) is 5.20. The van der Waals surface area contributed by atoms with Gasteiger partial charge in [-0.3, -0.25) is 0 Å². The molecule has 1 saturated heterocycles. The molecule has 20 heavy (non-hydrogen) atoms. The average Bonchev–Trinajstić information content (AvgIpc) is 2.91. The number of ether oxygens (including phenoxy) is 1. The first kappa shape index (κ1) is 15.5. The molecule has 2 heterocycles. The maximum absolute atomic E-state index is 12.1. The minimum Gasteiger partial charge on any atom is -0.381 e. The molecule has 6 nitrogen and oxygen atoms in total. The lowest BCUT2D eigenvalue weighted by Crippen LogP contribution is -2.26. The van der Waals surface area contributed by atoms with Crippen LogP contribution in [0.25, 0.3) is 0 Å². The van der Waals surface area contributed by atoms with E-state index in [1.165, 1.54) is 12.3 Å². The van der Waals surface area contributed by atoms with E-state index in [9.17, 15) is 8.42 Å². The zero-order valence-electron chi connectivity index (χ0n) is 11.2. The molecule has 112 valence electrons. The highest BCUT2D eigenvalue weighted by Gasteiger charge is 2.19. The van der Waals surface area contributed by atoms with E-state index in [0.29, 0.717) is 24.9 Å². The molecule has 1 aliphatic heterocycles. The van der Waals surface area contributed by atoms with Crippen molar-refractivity contribution in [2.75, 3.05) is 32.1 Å². The largest absolute Gasteiger partial charge is 0.381 e. The lowest BCUT2D eigenvalue weighted by atomic mass is 10.1. The monoisotopic (exact) mass is 319 g/mol. The zero-order chi connectivity index (χ0) is 14.6. The summed E-state index contributed by atoms with van der Waals surface area (Å²) in [7, 11) is -1.89. The van der Waals surface area contributed by atoms with E-state index < -0.39 is 10.0 Å². The van der Waals surface area contributed by atoms with Gasteiger partial charge in [0.1, 0.15) is 10.7 Å². The molecule has 0 saturated carbocycles. The molecule has 1 aromatic heterocycles. The van der Waals surface area contributed by atoms with E-state index in [-0.39, 0.29) is 9.92 Å². The van der Waals surface area contributed by atoms with Crippen molar-refractivity contribution in [2.24, 2.45) is 5.92 Å². The summed E-state index contributed by atoms with van der Waals surface area (Å²) in [5, 5.41) is 3.06. The molecule has 2 rings (SSSR count). The third kappa shape index (κ3) is 3.82. The Labute approximate surface area is 123 Å². The van der Waals surface area contributed by atoms with Crippen LogP contribution in [0.2, 0.25) is 5.02 Å². The molecule has 1 aromatic rings. The number of pyridine rings is 1. The van der Waals surface area contributed by atoms with E-state index in [4.69, 9.17) is 16.3 Å². The topological polar surface area (TPSA) is 80.3 Å². The molecule has 1 aliphatic rings. The van der Waals surface area contributed by atoms with Crippen molar-refractivity contribution in [3.63, 3.8) is 0 Å². The highest BCUT2D eigenvalue weighted by atomic mass is 35.5. The highest BCUT2D eigenvalue weighted by molar-refractivity contribution is 7.89. The predicted octanol–water partition coefficient (Wildman–Crippen LogP) is 1.48. The van der Waals surface area contributed by atoms with Crippen molar-refractivity contribution < 1.29 is 13.2 Å². The first-order valence-corrected chi connectivity index (χ1v) is 8.30. The molecular weight excluding hydrogens is 302 g/mol. The van der Waals surface area contributed by atoms with Gasteiger partial charge in [0.15, 0.2) is 0 Å². The minimum absolute atomic E-state index is 0.0733. The second-order valence-electron chi connectivity index (χ2n) is 4.67. The van der Waals surface area contributed by atoms with Crippen LogP contribution in [0.15, 0.2) is 17.2 Å². The van der Waals surface area contributed by atoms with Crippen LogP contribution in [-0.2, 0) is 14.8 Å². The van der Waals surface area contributed by atoms with E-state index >= 15 is 0 Å². The van der Waals surface area contributed by atoms with Gasteiger partial charge in [-0.15, -0.1) is 0 Å². The average molecular weight is 320 g/mol. The van der Waals surface area contributed by atoms with Crippen LogP contribution in [0.5, 0.6) is 0 Å². The zero-order valence-corrected chi connectivity index (χ0v) is 12.8. The fraction of sp³-hybridized carbons (Fsp3) is 0.583. The van der Waals surface area contributed by atoms with Gasteiger partial charge in [0.05, 0.1) is 5.02 Å². The molecule has 0 spiro atoms. The molecule has 0 aromatic carbocycles. The summed E-state index contributed by atoms with van der Waals surface area (Å²) in [6, 6.07) is 1.39. The number of hydrogen-bond acceptors (Lipinski definition) is 5. The van der Waals surface area contributed by atoms with Gasteiger partial charge in [0.2, 0.25) is 10.0 Å². The third-order valence-corrected chi connectivity index (χ3v) is 4.95. The lowest BCUT2D eigenvalue weighted by Gasteiger charge is -2.10. The van der Waals surface area contributed by atoms with Gasteiger partial charge >= 0.3 is 0 Å². The van der Waals surface area contributed by atoms with Crippen LogP contribution in [0.3, 0.4) is 0 Å². The van der Waals surface area contributed by atoms with Gasteiger partial charge in [-0.25, -0.2) is 18.1 Å². The van der Waals surface area contributed by atoms with Crippen LogP contribution < -0.4 is 10.0 Å². The van der Waals surface area contributed by atoms with E-state index in [2.05, 4.69) is 15.0 Å². The molecule has 8 heteroatoms. The quantitative estimate of drug-likeness (QED) is 0.830. The molecule has 0 amide bonds. The van der Waals surface area contributed by atoms with Gasteiger partial charge < -0.3 is 10.1 Å². The van der Waals surface area contributed by atoms with Crippen molar-refractivity contribution in [3.8, 4) is 0 Å². The molecule has 1 fully saturated rings. The Hall–Kier alpha value is -0.890. The van der Waals surface area contributed by atoms with Crippen LogP contribution in [0, 0.1) is 5.92 Å². The van der Waals surface area contributed by atoms with Crippen molar-refractivity contribution >= 4 is 27.4 Å². The Bertz CT molecular complexity index is 559. The highest BCUT2D eigenvalue weighted by Crippen LogP contribution is 2.22. The predicted molar refractivity (Wildman–Crippen MR) is 77.5 cm³/mol. The second-order valence-corrected chi connectivity index (χ2v) is 6.84. The fourth-order valence-corrected chi connectivity index (χ4v) is 3.39. The summed E-state index contributed by atoms with van der Waals surface area (Å²) in [6.07, 6.45) is 3.06. The normalized spacial score (nSPS) is 19.2. The number of sulfonamides is 1. The van der Waals surface area contributed by atoms with Crippen LogP contribution in [0.1, 0.15) is 12.8 Å². The maximum atomic E-state index is 12.1. The van der Waals surface area contributed by atoms with E-state index in [0.717, 1.165) is 19.4 Å². The van der Waals surface area contributed by atoms with E-state index in [1.54, 1.807) is 7.05 Å². The van der Waals surface area contributed by atoms with Crippen LogP contribution in [0.4, 0.5) is 5.82 Å². The van der Waals surface area contributed by atoms with Crippen molar-refractivity contribution in [1.29, 1.82) is 0 Å². The van der Waals surface area contributed by atoms with Gasteiger partial charge in [-0.1, -0.05) is 11.6 Å². The summed E-state index contributed by atoms with van der Waals surface area (Å²) in [5.41, 5.74) is 0. The SMILES string of the molecule is CNc1ncc(S(=O)(=O)NCCC2CCOC2)cc1Cl. The summed E-state index contributed by atoms with van der Waals surface area (Å²) in [5.74, 6) is 0.889.